The lowest BCUT2D eigenvalue weighted by Crippen LogP contribution is -2.31. The summed E-state index contributed by atoms with van der Waals surface area (Å²) in [7, 11) is 0. The van der Waals surface area contributed by atoms with Crippen LogP contribution in [0.25, 0.3) is 17.2 Å². The maximum absolute atomic E-state index is 5.41. The van der Waals surface area contributed by atoms with Crippen molar-refractivity contribution in [1.29, 1.82) is 0 Å². The van der Waals surface area contributed by atoms with Crippen LogP contribution in [0.15, 0.2) is 53.4 Å². The second-order valence-electron chi connectivity index (χ2n) is 6.68. The summed E-state index contributed by atoms with van der Waals surface area (Å²) < 4.78 is 7.59. The van der Waals surface area contributed by atoms with E-state index in [4.69, 9.17) is 9.40 Å². The van der Waals surface area contributed by atoms with Gasteiger partial charge in [0.2, 0.25) is 0 Å². The maximum Gasteiger partial charge on any atom is 0.195 e. The van der Waals surface area contributed by atoms with Gasteiger partial charge in [-0.25, -0.2) is 15.0 Å². The van der Waals surface area contributed by atoms with Crippen LogP contribution in [-0.4, -0.2) is 30.8 Å². The molecule has 0 amide bonds. The normalized spacial score (nSPS) is 14.7. The molecule has 1 aliphatic rings. The lowest BCUT2D eigenvalue weighted by atomic mass is 10.1. The summed E-state index contributed by atoms with van der Waals surface area (Å²) in [5, 5.41) is 0. The van der Waals surface area contributed by atoms with Crippen molar-refractivity contribution in [3.05, 3.63) is 71.6 Å². The number of aryl methyl sites for hydroxylation is 1. The highest BCUT2D eigenvalue weighted by atomic mass is 16.3. The second-order valence-corrected chi connectivity index (χ2v) is 6.68. The van der Waals surface area contributed by atoms with Gasteiger partial charge >= 0.3 is 0 Å². The average Bonchev–Trinajstić information content (AvgIpc) is 3.30. The standard InChI is InChI=1S/C20H19N5O/c1-14-17(25-8-3-2-6-19(25)22-14)13-24-9-7-16-15(12-24)11-21-20(23-16)18-5-4-10-26-18/h2-6,8,10-11H,7,9,12-13H2,1H3. The van der Waals surface area contributed by atoms with Crippen LogP contribution < -0.4 is 0 Å². The summed E-state index contributed by atoms with van der Waals surface area (Å²) in [6.07, 6.45) is 6.59. The Bertz CT molecular complexity index is 1070. The highest BCUT2D eigenvalue weighted by Crippen LogP contribution is 2.23. The zero-order valence-electron chi connectivity index (χ0n) is 14.6. The molecule has 1 aliphatic heterocycles. The third-order valence-corrected chi connectivity index (χ3v) is 4.96. The third kappa shape index (κ3) is 2.59. The molecule has 0 saturated heterocycles. The molecule has 0 unspecified atom stereocenters. The van der Waals surface area contributed by atoms with E-state index < -0.39 is 0 Å². The zero-order chi connectivity index (χ0) is 17.5. The molecule has 6 heteroatoms. The largest absolute Gasteiger partial charge is 0.461 e. The van der Waals surface area contributed by atoms with Crippen molar-refractivity contribution >= 4 is 5.65 Å². The van der Waals surface area contributed by atoms with Crippen LogP contribution in [0.2, 0.25) is 0 Å². The van der Waals surface area contributed by atoms with Gasteiger partial charge in [-0.05, 0) is 31.2 Å². The Balaban J connectivity index is 1.40. The lowest BCUT2D eigenvalue weighted by Gasteiger charge is -2.28. The number of hydrogen-bond donors (Lipinski definition) is 0. The molecule has 0 aromatic carbocycles. The summed E-state index contributed by atoms with van der Waals surface area (Å²) in [6, 6.07) is 9.87. The molecule has 0 bridgehead atoms. The molecule has 0 fully saturated rings. The highest BCUT2D eigenvalue weighted by molar-refractivity contribution is 5.47. The van der Waals surface area contributed by atoms with E-state index in [-0.39, 0.29) is 0 Å². The van der Waals surface area contributed by atoms with Gasteiger partial charge in [-0.2, -0.15) is 0 Å². The molecule has 0 spiro atoms. The Morgan fingerprint density at radius 2 is 2.12 bits per heavy atom. The number of furan rings is 1. The van der Waals surface area contributed by atoms with Gasteiger partial charge < -0.3 is 8.82 Å². The molecule has 5 heterocycles. The van der Waals surface area contributed by atoms with Crippen LogP contribution in [-0.2, 0) is 19.5 Å². The topological polar surface area (TPSA) is 59.5 Å². The first-order valence-electron chi connectivity index (χ1n) is 8.81. The van der Waals surface area contributed by atoms with Crippen LogP contribution in [0.1, 0.15) is 22.6 Å². The van der Waals surface area contributed by atoms with Gasteiger partial charge in [-0.3, -0.25) is 4.90 Å². The van der Waals surface area contributed by atoms with Crippen molar-refractivity contribution < 1.29 is 4.42 Å². The first-order valence-corrected chi connectivity index (χ1v) is 8.81. The number of fused-ring (bicyclic) bond motifs is 2. The molecule has 0 radical (unpaired) electrons. The average molecular weight is 345 g/mol. The van der Waals surface area contributed by atoms with E-state index in [1.54, 1.807) is 6.26 Å². The number of imidazole rings is 1. The predicted octanol–water partition coefficient (Wildman–Crippen LogP) is 3.25. The fraction of sp³-hybridized carbons (Fsp3) is 0.250. The second kappa shape index (κ2) is 6.07. The first kappa shape index (κ1) is 15.3. The van der Waals surface area contributed by atoms with Crippen LogP contribution in [0, 0.1) is 6.92 Å². The fourth-order valence-corrected chi connectivity index (χ4v) is 3.60. The van der Waals surface area contributed by atoms with Gasteiger partial charge in [-0.1, -0.05) is 6.07 Å². The molecule has 0 N–H and O–H groups in total. The van der Waals surface area contributed by atoms with Crippen molar-refractivity contribution in [3.63, 3.8) is 0 Å². The van der Waals surface area contributed by atoms with Crippen molar-refractivity contribution in [2.24, 2.45) is 0 Å². The van der Waals surface area contributed by atoms with Gasteiger partial charge in [-0.15, -0.1) is 0 Å². The quantitative estimate of drug-likeness (QED) is 0.570. The van der Waals surface area contributed by atoms with Crippen molar-refractivity contribution in [3.8, 4) is 11.6 Å². The van der Waals surface area contributed by atoms with Gasteiger partial charge in [0.1, 0.15) is 5.65 Å². The smallest absolute Gasteiger partial charge is 0.195 e. The van der Waals surface area contributed by atoms with Crippen molar-refractivity contribution in [2.75, 3.05) is 6.54 Å². The monoisotopic (exact) mass is 345 g/mol. The van der Waals surface area contributed by atoms with E-state index in [0.29, 0.717) is 5.82 Å². The van der Waals surface area contributed by atoms with E-state index in [2.05, 4.69) is 32.4 Å². The number of rotatable bonds is 3. The van der Waals surface area contributed by atoms with Gasteiger partial charge in [0.25, 0.3) is 0 Å². The first-order chi connectivity index (χ1) is 12.8. The Kier molecular flexibility index (Phi) is 3.57. The molecule has 0 atom stereocenters. The summed E-state index contributed by atoms with van der Waals surface area (Å²) in [5.41, 5.74) is 5.66. The van der Waals surface area contributed by atoms with Crippen LogP contribution in [0.3, 0.4) is 0 Å². The van der Waals surface area contributed by atoms with Crippen LogP contribution in [0.4, 0.5) is 0 Å². The lowest BCUT2D eigenvalue weighted by molar-refractivity contribution is 0.239. The molecule has 0 saturated carbocycles. The van der Waals surface area contributed by atoms with Gasteiger partial charge in [0.05, 0.1) is 23.3 Å². The van der Waals surface area contributed by atoms with E-state index in [1.165, 1.54) is 11.3 Å². The Hall–Kier alpha value is -2.99. The SMILES string of the molecule is Cc1nc2ccccn2c1CN1CCc2nc(-c3ccco3)ncc2C1. The zero-order valence-corrected chi connectivity index (χ0v) is 14.6. The summed E-state index contributed by atoms with van der Waals surface area (Å²) in [5.74, 6) is 1.39. The van der Waals surface area contributed by atoms with Crippen molar-refractivity contribution in [2.45, 2.75) is 26.4 Å². The molecule has 4 aromatic heterocycles. The number of pyridine rings is 1. The predicted molar refractivity (Wildman–Crippen MR) is 97.5 cm³/mol. The van der Waals surface area contributed by atoms with Crippen molar-refractivity contribution in [1.82, 2.24) is 24.3 Å². The molecule has 0 aliphatic carbocycles. The van der Waals surface area contributed by atoms with Crippen LogP contribution in [0.5, 0.6) is 0 Å². The molecule has 6 nitrogen and oxygen atoms in total. The summed E-state index contributed by atoms with van der Waals surface area (Å²) >= 11 is 0. The Morgan fingerprint density at radius 1 is 1.15 bits per heavy atom. The van der Waals surface area contributed by atoms with Gasteiger partial charge in [0, 0.05) is 44.0 Å². The number of nitrogens with zero attached hydrogens (tertiary/aromatic N) is 5. The van der Waals surface area contributed by atoms with E-state index >= 15 is 0 Å². The Morgan fingerprint density at radius 3 is 3.00 bits per heavy atom. The van der Waals surface area contributed by atoms with Crippen LogP contribution >= 0.6 is 0 Å². The number of aromatic nitrogens is 4. The third-order valence-electron chi connectivity index (χ3n) is 4.96. The molecular formula is C20H19N5O. The fourth-order valence-electron chi connectivity index (χ4n) is 3.60. The summed E-state index contributed by atoms with van der Waals surface area (Å²) in [4.78, 5) is 16.3. The highest BCUT2D eigenvalue weighted by Gasteiger charge is 2.21. The van der Waals surface area contributed by atoms with E-state index in [1.807, 2.05) is 36.5 Å². The minimum Gasteiger partial charge on any atom is -0.461 e. The maximum atomic E-state index is 5.41. The summed E-state index contributed by atoms with van der Waals surface area (Å²) in [6.45, 7) is 4.78. The minimum absolute atomic E-state index is 0.667. The van der Waals surface area contributed by atoms with E-state index in [9.17, 15) is 0 Å². The Labute approximate surface area is 151 Å². The molecular weight excluding hydrogens is 326 g/mol. The molecule has 5 rings (SSSR count). The molecule has 26 heavy (non-hydrogen) atoms. The minimum atomic E-state index is 0.667. The van der Waals surface area contributed by atoms with E-state index in [0.717, 1.165) is 48.9 Å². The van der Waals surface area contributed by atoms with Gasteiger partial charge in [0.15, 0.2) is 11.6 Å². The molecule has 130 valence electrons. The number of hydrogen-bond acceptors (Lipinski definition) is 5. The molecule has 4 aromatic rings.